The van der Waals surface area contributed by atoms with Gasteiger partial charge < -0.3 is 14.2 Å². The molecule has 0 fully saturated rings. The Bertz CT molecular complexity index is 1580. The van der Waals surface area contributed by atoms with Crippen LogP contribution in [0.5, 0.6) is 0 Å². The lowest BCUT2D eigenvalue weighted by atomic mass is 10.1. The maximum atomic E-state index is 12.9. The molecule has 0 aromatic rings. The van der Waals surface area contributed by atoms with Crippen molar-refractivity contribution in [1.29, 1.82) is 0 Å². The summed E-state index contributed by atoms with van der Waals surface area (Å²) in [4.78, 5) is 38.2. The average Bonchev–Trinajstić information content (AvgIpc) is 3.39. The summed E-state index contributed by atoms with van der Waals surface area (Å²) >= 11 is 0. The fourth-order valence-electron chi connectivity index (χ4n) is 7.67. The number of esters is 3. The molecule has 0 amide bonds. The quantitative estimate of drug-likeness (QED) is 0.0261. The van der Waals surface area contributed by atoms with Crippen LogP contribution in [0.4, 0.5) is 0 Å². The van der Waals surface area contributed by atoms with E-state index >= 15 is 0 Å². The van der Waals surface area contributed by atoms with Crippen molar-refractivity contribution in [2.75, 3.05) is 13.2 Å². The molecule has 0 aliphatic rings. The highest BCUT2D eigenvalue weighted by Crippen LogP contribution is 2.13. The number of hydrogen-bond donors (Lipinski definition) is 0. The summed E-state index contributed by atoms with van der Waals surface area (Å²) in [5, 5.41) is 0. The maximum absolute atomic E-state index is 12.9. The molecular weight excluding hydrogens is 901 g/mol. The van der Waals surface area contributed by atoms with Crippen molar-refractivity contribution in [3.63, 3.8) is 0 Å². The minimum atomic E-state index is -0.820. The molecule has 0 aromatic carbocycles. The molecule has 0 aliphatic heterocycles. The Hall–Kier alpha value is -4.45. The first-order chi connectivity index (χ1) is 36.0. The SMILES string of the molecule is CC/C=C\C/C=C\C/C=C\C/C=C\C/C=C\CCCC(=O)OC[C@H](COC(=O)CCCCCCCC/C=C\C/C=C\C/C=C\CCCCC)OC(=O)CCCCCCCC/C=C\C/C=C\C/C=C\CCCCC. The number of rotatable bonds is 52. The number of ether oxygens (including phenoxy) is 3. The van der Waals surface area contributed by atoms with E-state index in [1.165, 1.54) is 77.0 Å². The van der Waals surface area contributed by atoms with E-state index in [1.807, 2.05) is 0 Å². The molecule has 73 heavy (non-hydrogen) atoms. The second-order valence-electron chi connectivity index (χ2n) is 19.2. The highest BCUT2D eigenvalue weighted by Gasteiger charge is 2.19. The summed E-state index contributed by atoms with van der Waals surface area (Å²) in [5.41, 5.74) is 0. The van der Waals surface area contributed by atoms with Crippen LogP contribution < -0.4 is 0 Å². The number of allylic oxidation sites excluding steroid dienone is 22. The van der Waals surface area contributed by atoms with E-state index in [9.17, 15) is 14.4 Å². The Balaban J connectivity index is 4.54. The van der Waals surface area contributed by atoms with Gasteiger partial charge >= 0.3 is 17.9 Å². The molecule has 1 atom stereocenters. The Labute approximate surface area is 449 Å². The number of carbonyl (C=O) groups excluding carboxylic acids is 3. The fraction of sp³-hybridized carbons (Fsp3) is 0.627. The van der Waals surface area contributed by atoms with Gasteiger partial charge in [0.05, 0.1) is 0 Å². The summed E-state index contributed by atoms with van der Waals surface area (Å²) < 4.78 is 16.8. The summed E-state index contributed by atoms with van der Waals surface area (Å²) in [5.74, 6) is -1.000. The maximum Gasteiger partial charge on any atom is 0.306 e. The van der Waals surface area contributed by atoms with E-state index in [4.69, 9.17) is 14.2 Å². The molecule has 0 aromatic heterocycles. The van der Waals surface area contributed by atoms with Crippen LogP contribution in [0.3, 0.4) is 0 Å². The summed E-state index contributed by atoms with van der Waals surface area (Å²) in [6.45, 7) is 6.40. The van der Waals surface area contributed by atoms with Gasteiger partial charge in [-0.15, -0.1) is 0 Å². The van der Waals surface area contributed by atoms with Gasteiger partial charge in [0.15, 0.2) is 6.10 Å². The molecular formula is C67H108O6. The Kier molecular flexibility index (Phi) is 56.4. The van der Waals surface area contributed by atoms with Crippen molar-refractivity contribution in [1.82, 2.24) is 0 Å². The van der Waals surface area contributed by atoms with Gasteiger partial charge in [-0.2, -0.15) is 0 Å². The first kappa shape index (κ1) is 68.6. The van der Waals surface area contributed by atoms with E-state index in [0.717, 1.165) is 128 Å². The van der Waals surface area contributed by atoms with Gasteiger partial charge in [-0.05, 0) is 135 Å². The lowest BCUT2D eigenvalue weighted by Gasteiger charge is -2.18. The number of carbonyl (C=O) groups is 3. The minimum Gasteiger partial charge on any atom is -0.462 e. The fourth-order valence-corrected chi connectivity index (χ4v) is 7.67. The molecule has 0 heterocycles. The van der Waals surface area contributed by atoms with Crippen LogP contribution in [-0.4, -0.2) is 37.2 Å². The van der Waals surface area contributed by atoms with Gasteiger partial charge in [-0.3, -0.25) is 14.4 Å². The lowest BCUT2D eigenvalue weighted by molar-refractivity contribution is -0.167. The van der Waals surface area contributed by atoms with Gasteiger partial charge in [-0.25, -0.2) is 0 Å². The molecule has 0 N–H and O–H groups in total. The van der Waals surface area contributed by atoms with Crippen molar-refractivity contribution in [2.24, 2.45) is 0 Å². The Morgan fingerprint density at radius 1 is 0.288 bits per heavy atom. The minimum absolute atomic E-state index is 0.112. The van der Waals surface area contributed by atoms with Gasteiger partial charge in [0.1, 0.15) is 13.2 Å². The Morgan fingerprint density at radius 3 is 0.890 bits per heavy atom. The van der Waals surface area contributed by atoms with Crippen molar-refractivity contribution in [2.45, 2.75) is 258 Å². The first-order valence-corrected chi connectivity index (χ1v) is 29.7. The summed E-state index contributed by atoms with van der Waals surface area (Å²) in [6, 6.07) is 0. The molecule has 6 heteroatoms. The third-order valence-electron chi connectivity index (χ3n) is 12.1. The van der Waals surface area contributed by atoms with Crippen LogP contribution in [0.15, 0.2) is 134 Å². The molecule has 0 aliphatic carbocycles. The van der Waals surface area contributed by atoms with Gasteiger partial charge in [0, 0.05) is 19.3 Å². The highest BCUT2D eigenvalue weighted by atomic mass is 16.6. The van der Waals surface area contributed by atoms with E-state index in [0.29, 0.717) is 19.3 Å². The third kappa shape index (κ3) is 58.3. The largest absolute Gasteiger partial charge is 0.462 e. The third-order valence-corrected chi connectivity index (χ3v) is 12.1. The summed E-state index contributed by atoms with van der Waals surface area (Å²) in [7, 11) is 0. The van der Waals surface area contributed by atoms with Crippen molar-refractivity contribution in [3.8, 4) is 0 Å². The van der Waals surface area contributed by atoms with Gasteiger partial charge in [0.2, 0.25) is 0 Å². The molecule has 0 bridgehead atoms. The van der Waals surface area contributed by atoms with Crippen molar-refractivity contribution in [3.05, 3.63) is 134 Å². The van der Waals surface area contributed by atoms with Crippen LogP contribution >= 0.6 is 0 Å². The van der Waals surface area contributed by atoms with Crippen LogP contribution in [0, 0.1) is 0 Å². The van der Waals surface area contributed by atoms with Crippen LogP contribution in [-0.2, 0) is 28.6 Å². The monoisotopic (exact) mass is 1010 g/mol. The van der Waals surface area contributed by atoms with Crippen molar-refractivity contribution >= 4 is 17.9 Å². The lowest BCUT2D eigenvalue weighted by Crippen LogP contribution is -2.30. The predicted octanol–water partition coefficient (Wildman–Crippen LogP) is 20.2. The second kappa shape index (κ2) is 60.1. The second-order valence-corrected chi connectivity index (χ2v) is 19.2. The predicted molar refractivity (Wildman–Crippen MR) is 316 cm³/mol. The van der Waals surface area contributed by atoms with E-state index in [1.54, 1.807) is 0 Å². The van der Waals surface area contributed by atoms with Crippen LogP contribution in [0.25, 0.3) is 0 Å². The zero-order valence-electron chi connectivity index (χ0n) is 47.1. The standard InChI is InChI=1S/C67H108O6/c1-4-7-10-13-16-19-22-25-28-31-33-36-39-42-45-48-51-54-57-60-66(69)72-63-64(62-71-65(68)59-56-53-50-47-44-41-38-35-30-27-24-21-18-15-12-9-6-3)73-67(70)61-58-55-52-49-46-43-40-37-34-32-29-26-23-20-17-14-11-8-5-2/h9,12,16-21,25-30,33-34,36-38,41,47,50,64H,4-8,10-11,13-15,22-24,31-32,35,39-40,42-46,48-49,51-63H2,1-3H3/b12-9-,19-16-,20-17-,21-18-,28-25-,29-26-,30-27-,36-33-,37-34-,41-38-,50-47-/t64-/m1/s1. The van der Waals surface area contributed by atoms with E-state index < -0.39 is 6.10 Å². The molecule has 0 spiro atoms. The van der Waals surface area contributed by atoms with Crippen LogP contribution in [0.1, 0.15) is 252 Å². The first-order valence-electron chi connectivity index (χ1n) is 29.7. The zero-order chi connectivity index (χ0) is 52.9. The zero-order valence-corrected chi connectivity index (χ0v) is 47.1. The van der Waals surface area contributed by atoms with E-state index in [-0.39, 0.29) is 37.5 Å². The molecule has 0 radical (unpaired) electrons. The Morgan fingerprint density at radius 2 is 0.548 bits per heavy atom. The molecule has 0 saturated carbocycles. The van der Waals surface area contributed by atoms with E-state index in [2.05, 4.69) is 154 Å². The number of hydrogen-bond acceptors (Lipinski definition) is 6. The molecule has 412 valence electrons. The normalized spacial score (nSPS) is 13.1. The van der Waals surface area contributed by atoms with Crippen molar-refractivity contribution < 1.29 is 28.6 Å². The summed E-state index contributed by atoms with van der Waals surface area (Å²) in [6.07, 6.45) is 84.4. The molecule has 6 nitrogen and oxygen atoms in total. The molecule has 0 unspecified atom stereocenters. The topological polar surface area (TPSA) is 78.9 Å². The van der Waals surface area contributed by atoms with Gasteiger partial charge in [0.25, 0.3) is 0 Å². The average molecular weight is 1010 g/mol. The smallest absolute Gasteiger partial charge is 0.306 e. The number of unbranched alkanes of at least 4 members (excludes halogenated alkanes) is 19. The molecule has 0 rings (SSSR count). The van der Waals surface area contributed by atoms with Gasteiger partial charge in [-0.1, -0.05) is 231 Å². The molecule has 0 saturated heterocycles. The highest BCUT2D eigenvalue weighted by molar-refractivity contribution is 5.71. The van der Waals surface area contributed by atoms with Crippen LogP contribution in [0.2, 0.25) is 0 Å².